The van der Waals surface area contributed by atoms with Gasteiger partial charge in [-0.05, 0) is 24.6 Å². The van der Waals surface area contributed by atoms with Crippen LogP contribution < -0.4 is 10.1 Å². The third-order valence-corrected chi connectivity index (χ3v) is 2.99. The Balaban J connectivity index is 1.68. The van der Waals surface area contributed by atoms with Crippen molar-refractivity contribution >= 4 is 5.91 Å². The summed E-state index contributed by atoms with van der Waals surface area (Å²) >= 11 is 0. The number of hydrogen-bond donors (Lipinski definition) is 1. The Morgan fingerprint density at radius 1 is 1.33 bits per heavy atom. The van der Waals surface area contributed by atoms with Crippen LogP contribution in [0.5, 0.6) is 5.75 Å². The summed E-state index contributed by atoms with van der Waals surface area (Å²) in [6.07, 6.45) is 1.59. The molecule has 0 aliphatic rings. The number of carbonyl (C=O) groups excluding carboxylic acids is 1. The summed E-state index contributed by atoms with van der Waals surface area (Å²) in [7, 11) is 1.62. The monoisotopic (exact) mass is 290 g/mol. The summed E-state index contributed by atoms with van der Waals surface area (Å²) in [6, 6.07) is 7.51. The number of benzene rings is 1. The van der Waals surface area contributed by atoms with Gasteiger partial charge in [0.1, 0.15) is 18.1 Å². The van der Waals surface area contributed by atoms with E-state index in [1.165, 1.54) is 0 Å². The van der Waals surface area contributed by atoms with Gasteiger partial charge < -0.3 is 19.3 Å². The number of aryl methyl sites for hydroxylation is 1. The lowest BCUT2D eigenvalue weighted by atomic mass is 10.2. The molecule has 0 saturated carbocycles. The highest BCUT2D eigenvalue weighted by atomic mass is 16.5. The van der Waals surface area contributed by atoms with E-state index in [1.54, 1.807) is 20.2 Å². The fourth-order valence-corrected chi connectivity index (χ4v) is 1.72. The Hall–Kier alpha value is -2.34. The number of hydrogen-bond acceptors (Lipinski definition) is 5. The van der Waals surface area contributed by atoms with Crippen molar-refractivity contribution in [1.29, 1.82) is 0 Å². The van der Waals surface area contributed by atoms with Crippen LogP contribution in [0, 0.1) is 6.92 Å². The molecule has 0 fully saturated rings. The number of aromatic nitrogens is 1. The molecule has 0 saturated heterocycles. The van der Waals surface area contributed by atoms with Crippen molar-refractivity contribution in [3.8, 4) is 5.75 Å². The first-order valence-corrected chi connectivity index (χ1v) is 6.56. The van der Waals surface area contributed by atoms with Gasteiger partial charge >= 0.3 is 0 Å². The Bertz CT molecular complexity index is 578. The van der Waals surface area contributed by atoms with Gasteiger partial charge in [-0.25, -0.2) is 0 Å². The summed E-state index contributed by atoms with van der Waals surface area (Å²) in [4.78, 5) is 11.6. The highest BCUT2D eigenvalue weighted by molar-refractivity contribution is 5.77. The van der Waals surface area contributed by atoms with Crippen LogP contribution in [0.1, 0.15) is 16.9 Å². The molecule has 0 unspecified atom stereocenters. The van der Waals surface area contributed by atoms with Crippen molar-refractivity contribution in [1.82, 2.24) is 10.5 Å². The van der Waals surface area contributed by atoms with Crippen molar-refractivity contribution < 1.29 is 18.8 Å². The minimum atomic E-state index is -0.177. The molecule has 1 heterocycles. The van der Waals surface area contributed by atoms with Crippen LogP contribution in [0.2, 0.25) is 0 Å². The van der Waals surface area contributed by atoms with E-state index in [2.05, 4.69) is 10.5 Å². The second-order valence-electron chi connectivity index (χ2n) is 4.52. The first kappa shape index (κ1) is 15.1. The molecular formula is C15H18N2O4. The van der Waals surface area contributed by atoms with Crippen molar-refractivity contribution in [2.24, 2.45) is 0 Å². The van der Waals surface area contributed by atoms with Crippen LogP contribution in [-0.4, -0.2) is 24.8 Å². The fraction of sp³-hybridized carbons (Fsp3) is 0.333. The van der Waals surface area contributed by atoms with Gasteiger partial charge in [-0.2, -0.15) is 0 Å². The molecule has 0 aliphatic heterocycles. The van der Waals surface area contributed by atoms with E-state index in [9.17, 15) is 4.79 Å². The fourth-order valence-electron chi connectivity index (χ4n) is 1.72. The second kappa shape index (κ2) is 7.44. The van der Waals surface area contributed by atoms with E-state index in [-0.39, 0.29) is 12.5 Å². The van der Waals surface area contributed by atoms with E-state index in [4.69, 9.17) is 14.0 Å². The summed E-state index contributed by atoms with van der Waals surface area (Å²) in [5.41, 5.74) is 1.84. The van der Waals surface area contributed by atoms with Gasteiger partial charge in [0.25, 0.3) is 0 Å². The van der Waals surface area contributed by atoms with Gasteiger partial charge in [-0.3, -0.25) is 4.79 Å². The Morgan fingerprint density at radius 2 is 2.10 bits per heavy atom. The maximum absolute atomic E-state index is 11.6. The lowest BCUT2D eigenvalue weighted by molar-refractivity contribution is -0.126. The SMILES string of the molecule is COc1ccc(COCC(=O)NCc2cnoc2C)cc1. The third-order valence-electron chi connectivity index (χ3n) is 2.99. The number of nitrogens with zero attached hydrogens (tertiary/aromatic N) is 1. The zero-order valence-corrected chi connectivity index (χ0v) is 12.1. The number of carbonyl (C=O) groups is 1. The molecule has 2 rings (SSSR count). The molecule has 1 aromatic carbocycles. The summed E-state index contributed by atoms with van der Waals surface area (Å²) in [5.74, 6) is 1.32. The molecule has 0 bridgehead atoms. The minimum absolute atomic E-state index is 0.0103. The quantitative estimate of drug-likeness (QED) is 0.842. The van der Waals surface area contributed by atoms with E-state index in [1.807, 2.05) is 24.3 Å². The molecule has 1 amide bonds. The molecule has 0 aliphatic carbocycles. The molecule has 1 N–H and O–H groups in total. The predicted octanol–water partition coefficient (Wildman–Crippen LogP) is 1.82. The molecule has 0 radical (unpaired) electrons. The van der Waals surface area contributed by atoms with Gasteiger partial charge in [0.15, 0.2) is 0 Å². The average molecular weight is 290 g/mol. The standard InChI is InChI=1S/C15H18N2O4/c1-11-13(8-17-21-11)7-16-15(18)10-20-9-12-3-5-14(19-2)6-4-12/h3-6,8H,7,9-10H2,1-2H3,(H,16,18). The molecule has 1 aromatic heterocycles. The lowest BCUT2D eigenvalue weighted by Gasteiger charge is -2.06. The molecule has 112 valence electrons. The van der Waals surface area contributed by atoms with Crippen LogP contribution >= 0.6 is 0 Å². The summed E-state index contributed by atoms with van der Waals surface area (Å²) in [6.45, 7) is 2.58. The lowest BCUT2D eigenvalue weighted by Crippen LogP contribution is -2.27. The zero-order chi connectivity index (χ0) is 15.1. The van der Waals surface area contributed by atoms with Crippen molar-refractivity contribution in [3.05, 3.63) is 47.3 Å². The highest BCUT2D eigenvalue weighted by Gasteiger charge is 2.06. The predicted molar refractivity (Wildman–Crippen MR) is 75.7 cm³/mol. The molecular weight excluding hydrogens is 272 g/mol. The van der Waals surface area contributed by atoms with E-state index >= 15 is 0 Å². The first-order valence-electron chi connectivity index (χ1n) is 6.56. The molecule has 2 aromatic rings. The molecule has 0 spiro atoms. The average Bonchev–Trinajstić information content (AvgIpc) is 2.91. The number of nitrogens with one attached hydrogen (secondary N) is 1. The van der Waals surface area contributed by atoms with Crippen molar-refractivity contribution in [2.45, 2.75) is 20.1 Å². The Labute approximate surface area is 123 Å². The van der Waals surface area contributed by atoms with Crippen LogP contribution in [0.25, 0.3) is 0 Å². The van der Waals surface area contributed by atoms with Gasteiger partial charge in [0.2, 0.25) is 5.91 Å². The van der Waals surface area contributed by atoms with Gasteiger partial charge in [0.05, 0.1) is 19.9 Å². The topological polar surface area (TPSA) is 73.6 Å². The second-order valence-corrected chi connectivity index (χ2v) is 4.52. The van der Waals surface area contributed by atoms with Gasteiger partial charge in [0, 0.05) is 12.1 Å². The summed E-state index contributed by atoms with van der Waals surface area (Å²) in [5, 5.41) is 6.39. The van der Waals surface area contributed by atoms with Crippen LogP contribution in [0.3, 0.4) is 0 Å². The van der Waals surface area contributed by atoms with Crippen LogP contribution in [0.4, 0.5) is 0 Å². The number of methoxy groups -OCH3 is 1. The largest absolute Gasteiger partial charge is 0.497 e. The zero-order valence-electron chi connectivity index (χ0n) is 12.1. The maximum Gasteiger partial charge on any atom is 0.246 e. The minimum Gasteiger partial charge on any atom is -0.497 e. The number of rotatable bonds is 7. The summed E-state index contributed by atoms with van der Waals surface area (Å²) < 4.78 is 15.3. The van der Waals surface area contributed by atoms with Crippen LogP contribution in [0.15, 0.2) is 35.0 Å². The normalized spacial score (nSPS) is 10.4. The van der Waals surface area contributed by atoms with E-state index in [0.717, 1.165) is 16.9 Å². The third kappa shape index (κ3) is 4.61. The smallest absolute Gasteiger partial charge is 0.246 e. The molecule has 0 atom stereocenters. The van der Waals surface area contributed by atoms with Gasteiger partial charge in [-0.1, -0.05) is 17.3 Å². The molecule has 21 heavy (non-hydrogen) atoms. The first-order chi connectivity index (χ1) is 10.2. The van der Waals surface area contributed by atoms with Gasteiger partial charge in [-0.15, -0.1) is 0 Å². The van der Waals surface area contributed by atoms with Crippen molar-refractivity contribution in [2.75, 3.05) is 13.7 Å². The van der Waals surface area contributed by atoms with E-state index < -0.39 is 0 Å². The number of ether oxygens (including phenoxy) is 2. The molecule has 6 nitrogen and oxygen atoms in total. The van der Waals surface area contributed by atoms with Crippen LogP contribution in [-0.2, 0) is 22.7 Å². The Morgan fingerprint density at radius 3 is 2.71 bits per heavy atom. The highest BCUT2D eigenvalue weighted by Crippen LogP contribution is 2.11. The van der Waals surface area contributed by atoms with Crippen molar-refractivity contribution in [3.63, 3.8) is 0 Å². The number of amides is 1. The molecule has 6 heteroatoms. The maximum atomic E-state index is 11.6. The Kier molecular flexibility index (Phi) is 5.34. The van der Waals surface area contributed by atoms with E-state index in [0.29, 0.717) is 18.9 Å².